The molecule has 1 fully saturated rings. The number of hydrogen-bond acceptors (Lipinski definition) is 3. The molecular formula is C15H18FN3O2S. The second kappa shape index (κ2) is 6.18. The van der Waals surface area contributed by atoms with Gasteiger partial charge in [0.15, 0.2) is 0 Å². The fraction of sp³-hybridized carbons (Fsp3) is 0.400. The van der Waals surface area contributed by atoms with Crippen molar-refractivity contribution in [3.63, 3.8) is 0 Å². The third kappa shape index (κ3) is 3.20. The van der Waals surface area contributed by atoms with E-state index in [9.17, 15) is 12.8 Å². The molecule has 1 aromatic carbocycles. The van der Waals surface area contributed by atoms with Gasteiger partial charge in [0.1, 0.15) is 5.82 Å². The van der Waals surface area contributed by atoms with Gasteiger partial charge in [0.25, 0.3) is 0 Å². The molecule has 1 N–H and O–H groups in total. The van der Waals surface area contributed by atoms with Crippen molar-refractivity contribution in [2.45, 2.75) is 24.2 Å². The molecule has 22 heavy (non-hydrogen) atoms. The first-order valence-electron chi connectivity index (χ1n) is 7.29. The van der Waals surface area contributed by atoms with E-state index in [4.69, 9.17) is 0 Å². The second-order valence-electron chi connectivity index (χ2n) is 5.61. The Labute approximate surface area is 129 Å². The molecule has 2 heterocycles. The smallest absolute Gasteiger partial charge is 0.243 e. The van der Waals surface area contributed by atoms with Crippen molar-refractivity contribution in [1.82, 2.24) is 14.5 Å². The van der Waals surface area contributed by atoms with Crippen LogP contribution in [0.5, 0.6) is 0 Å². The fourth-order valence-electron chi connectivity index (χ4n) is 2.88. The van der Waals surface area contributed by atoms with Crippen LogP contribution in [0.4, 0.5) is 4.39 Å². The van der Waals surface area contributed by atoms with Gasteiger partial charge in [-0.05, 0) is 55.5 Å². The number of benzene rings is 1. The third-order valence-electron chi connectivity index (χ3n) is 4.00. The van der Waals surface area contributed by atoms with E-state index in [1.165, 1.54) is 28.6 Å². The van der Waals surface area contributed by atoms with Gasteiger partial charge in [-0.25, -0.2) is 12.8 Å². The summed E-state index contributed by atoms with van der Waals surface area (Å²) in [7, 11) is -3.55. The number of rotatable bonds is 4. The van der Waals surface area contributed by atoms with Crippen molar-refractivity contribution in [3.8, 4) is 0 Å². The van der Waals surface area contributed by atoms with Crippen molar-refractivity contribution in [2.75, 3.05) is 13.1 Å². The van der Waals surface area contributed by atoms with Crippen LogP contribution < -0.4 is 0 Å². The van der Waals surface area contributed by atoms with Crippen LogP contribution in [0.3, 0.4) is 0 Å². The Morgan fingerprint density at radius 3 is 2.73 bits per heavy atom. The molecule has 1 saturated heterocycles. The van der Waals surface area contributed by atoms with E-state index < -0.39 is 15.8 Å². The number of H-pyrrole nitrogens is 1. The number of nitrogens with zero attached hydrogens (tertiary/aromatic N) is 2. The molecule has 0 amide bonds. The minimum atomic E-state index is -3.55. The Morgan fingerprint density at radius 1 is 1.27 bits per heavy atom. The quantitative estimate of drug-likeness (QED) is 0.938. The second-order valence-corrected chi connectivity index (χ2v) is 7.55. The van der Waals surface area contributed by atoms with Crippen LogP contribution in [0.2, 0.25) is 0 Å². The highest BCUT2D eigenvalue weighted by Gasteiger charge is 2.30. The SMILES string of the molecule is O=S(=O)(c1ccc(F)cc1)N1CCC[C@H](Cc2ccn[nH]2)C1. The standard InChI is InChI=1S/C15H18FN3O2S/c16-13-3-5-15(6-4-13)22(20,21)19-9-1-2-12(11-19)10-14-7-8-17-18-14/h3-8,12H,1-2,9-11H2,(H,17,18)/t12-/m1/s1. The molecule has 0 saturated carbocycles. The molecule has 0 spiro atoms. The van der Waals surface area contributed by atoms with E-state index in [1.54, 1.807) is 6.20 Å². The molecule has 0 unspecified atom stereocenters. The number of aromatic amines is 1. The maximum Gasteiger partial charge on any atom is 0.243 e. The third-order valence-corrected chi connectivity index (χ3v) is 5.88. The first-order valence-corrected chi connectivity index (χ1v) is 8.74. The lowest BCUT2D eigenvalue weighted by atomic mass is 9.95. The molecule has 1 aliphatic rings. The Morgan fingerprint density at radius 2 is 2.05 bits per heavy atom. The van der Waals surface area contributed by atoms with Gasteiger partial charge in [0.05, 0.1) is 4.90 Å². The predicted octanol–water partition coefficient (Wildman–Crippen LogP) is 2.19. The monoisotopic (exact) mass is 323 g/mol. The summed E-state index contributed by atoms with van der Waals surface area (Å²) < 4.78 is 39.7. The molecule has 1 atom stereocenters. The summed E-state index contributed by atoms with van der Waals surface area (Å²) in [4.78, 5) is 0.149. The lowest BCUT2D eigenvalue weighted by molar-refractivity contribution is 0.264. The summed E-state index contributed by atoms with van der Waals surface area (Å²) in [6.07, 6.45) is 4.31. The van der Waals surface area contributed by atoms with Gasteiger partial charge in [0.2, 0.25) is 10.0 Å². The highest BCUT2D eigenvalue weighted by molar-refractivity contribution is 7.89. The molecule has 5 nitrogen and oxygen atoms in total. The zero-order valence-electron chi connectivity index (χ0n) is 12.1. The zero-order chi connectivity index (χ0) is 15.6. The van der Waals surface area contributed by atoms with E-state index in [2.05, 4.69) is 10.2 Å². The number of halogens is 1. The molecule has 7 heteroatoms. The lowest BCUT2D eigenvalue weighted by Crippen LogP contribution is -2.40. The van der Waals surface area contributed by atoms with Gasteiger partial charge in [-0.1, -0.05) is 0 Å². The van der Waals surface area contributed by atoms with Crippen LogP contribution in [0.1, 0.15) is 18.5 Å². The normalized spacial score (nSPS) is 20.1. The van der Waals surface area contributed by atoms with Crippen molar-refractivity contribution in [3.05, 3.63) is 48.0 Å². The number of piperidine rings is 1. The Hall–Kier alpha value is -1.73. The van der Waals surface area contributed by atoms with Crippen LogP contribution in [-0.2, 0) is 16.4 Å². The highest BCUT2D eigenvalue weighted by atomic mass is 32.2. The van der Waals surface area contributed by atoms with Crippen molar-refractivity contribution < 1.29 is 12.8 Å². The number of aromatic nitrogens is 2. The van der Waals surface area contributed by atoms with E-state index in [0.717, 1.165) is 25.0 Å². The topological polar surface area (TPSA) is 66.1 Å². The van der Waals surface area contributed by atoms with Gasteiger partial charge >= 0.3 is 0 Å². The van der Waals surface area contributed by atoms with E-state index in [0.29, 0.717) is 13.1 Å². The van der Waals surface area contributed by atoms with Gasteiger partial charge < -0.3 is 0 Å². The van der Waals surface area contributed by atoms with Crippen LogP contribution in [0, 0.1) is 11.7 Å². The van der Waals surface area contributed by atoms with Gasteiger partial charge in [0, 0.05) is 25.0 Å². The molecule has 1 aromatic heterocycles. The molecule has 2 aromatic rings. The van der Waals surface area contributed by atoms with E-state index in [1.807, 2.05) is 6.07 Å². The summed E-state index contributed by atoms with van der Waals surface area (Å²) in [6.45, 7) is 0.998. The van der Waals surface area contributed by atoms with Crippen LogP contribution in [-0.4, -0.2) is 36.0 Å². The molecule has 3 rings (SSSR count). The molecule has 0 bridgehead atoms. The summed E-state index contributed by atoms with van der Waals surface area (Å²) in [5.74, 6) is -0.167. The summed E-state index contributed by atoms with van der Waals surface area (Å²) >= 11 is 0. The summed E-state index contributed by atoms with van der Waals surface area (Å²) in [5, 5.41) is 6.84. The first kappa shape index (κ1) is 15.2. The molecular weight excluding hydrogens is 305 g/mol. The van der Waals surface area contributed by atoms with Gasteiger partial charge in [-0.2, -0.15) is 9.40 Å². The Balaban J connectivity index is 1.74. The van der Waals surface area contributed by atoms with Crippen molar-refractivity contribution >= 4 is 10.0 Å². The molecule has 0 aliphatic carbocycles. The minimum absolute atomic E-state index is 0.149. The van der Waals surface area contributed by atoms with E-state index >= 15 is 0 Å². The summed E-state index contributed by atoms with van der Waals surface area (Å²) in [5.41, 5.74) is 1.02. The number of sulfonamides is 1. The molecule has 118 valence electrons. The van der Waals surface area contributed by atoms with Crippen LogP contribution >= 0.6 is 0 Å². The Kier molecular flexibility index (Phi) is 4.26. The number of hydrogen-bond donors (Lipinski definition) is 1. The van der Waals surface area contributed by atoms with Crippen LogP contribution in [0.15, 0.2) is 41.4 Å². The average Bonchev–Trinajstić information content (AvgIpc) is 3.01. The highest BCUT2D eigenvalue weighted by Crippen LogP contribution is 2.25. The van der Waals surface area contributed by atoms with E-state index in [-0.39, 0.29) is 10.8 Å². The first-order chi connectivity index (χ1) is 10.6. The lowest BCUT2D eigenvalue weighted by Gasteiger charge is -2.31. The average molecular weight is 323 g/mol. The predicted molar refractivity (Wildman–Crippen MR) is 80.2 cm³/mol. The summed E-state index contributed by atoms with van der Waals surface area (Å²) in [6, 6.07) is 6.91. The zero-order valence-corrected chi connectivity index (χ0v) is 12.9. The molecule has 1 aliphatic heterocycles. The van der Waals surface area contributed by atoms with Crippen molar-refractivity contribution in [2.24, 2.45) is 5.92 Å². The van der Waals surface area contributed by atoms with Gasteiger partial charge in [-0.15, -0.1) is 0 Å². The minimum Gasteiger partial charge on any atom is -0.283 e. The largest absolute Gasteiger partial charge is 0.283 e. The maximum atomic E-state index is 13.0. The Bertz CT molecular complexity index is 714. The van der Waals surface area contributed by atoms with Crippen LogP contribution in [0.25, 0.3) is 0 Å². The molecule has 0 radical (unpaired) electrons. The fourth-order valence-corrected chi connectivity index (χ4v) is 4.43. The number of nitrogens with one attached hydrogen (secondary N) is 1. The maximum absolute atomic E-state index is 13.0. The van der Waals surface area contributed by atoms with Gasteiger partial charge in [-0.3, -0.25) is 5.10 Å². The van der Waals surface area contributed by atoms with Crippen molar-refractivity contribution in [1.29, 1.82) is 0 Å².